The van der Waals surface area contributed by atoms with E-state index in [9.17, 15) is 4.39 Å². The summed E-state index contributed by atoms with van der Waals surface area (Å²) in [5.41, 5.74) is 6.23. The first-order valence-electron chi connectivity index (χ1n) is 7.17. The van der Waals surface area contributed by atoms with E-state index in [1.165, 1.54) is 18.6 Å². The van der Waals surface area contributed by atoms with E-state index < -0.39 is 5.82 Å². The van der Waals surface area contributed by atoms with E-state index >= 15 is 0 Å². The Hall–Kier alpha value is -2.02. The Morgan fingerprint density at radius 1 is 1.38 bits per heavy atom. The second kappa shape index (κ2) is 6.17. The van der Waals surface area contributed by atoms with Gasteiger partial charge in [-0.15, -0.1) is 5.10 Å². The lowest BCUT2D eigenvalue weighted by Crippen LogP contribution is -2.21. The van der Waals surface area contributed by atoms with Crippen LogP contribution < -0.4 is 5.73 Å². The number of ether oxygens (including phenoxy) is 1. The van der Waals surface area contributed by atoms with Crippen molar-refractivity contribution < 1.29 is 9.13 Å². The molecule has 6 nitrogen and oxygen atoms in total. The number of aryl methyl sites for hydroxylation is 1. The molecule has 1 aliphatic heterocycles. The lowest BCUT2D eigenvalue weighted by molar-refractivity contribution is 0.00828. The molecule has 1 atom stereocenters. The van der Waals surface area contributed by atoms with Crippen molar-refractivity contribution in [1.29, 1.82) is 0 Å². The van der Waals surface area contributed by atoms with Crippen LogP contribution in [0.1, 0.15) is 25.7 Å². The van der Waals surface area contributed by atoms with E-state index in [2.05, 4.69) is 15.5 Å². The molecule has 3 rings (SSSR count). The topological polar surface area (TPSA) is 78.9 Å². The predicted octanol–water partition coefficient (Wildman–Crippen LogP) is 2.02. The molecule has 1 aliphatic rings. The second-order valence-corrected chi connectivity index (χ2v) is 5.24. The zero-order valence-corrected chi connectivity index (χ0v) is 11.7. The van der Waals surface area contributed by atoms with E-state index in [-0.39, 0.29) is 11.8 Å². The minimum atomic E-state index is -0.460. The fourth-order valence-corrected chi connectivity index (χ4v) is 2.53. The van der Waals surface area contributed by atoms with Crippen LogP contribution in [0.4, 0.5) is 10.1 Å². The Morgan fingerprint density at radius 3 is 3.05 bits per heavy atom. The average Bonchev–Trinajstić information content (AvgIpc) is 2.97. The smallest absolute Gasteiger partial charge is 0.182 e. The van der Waals surface area contributed by atoms with Crippen molar-refractivity contribution in [3.63, 3.8) is 0 Å². The first kappa shape index (κ1) is 13.9. The van der Waals surface area contributed by atoms with Gasteiger partial charge in [0.15, 0.2) is 5.82 Å². The highest BCUT2D eigenvalue weighted by Crippen LogP contribution is 2.22. The van der Waals surface area contributed by atoms with E-state index in [0.29, 0.717) is 17.9 Å². The van der Waals surface area contributed by atoms with Crippen LogP contribution in [0.3, 0.4) is 0 Å². The number of rotatable bonds is 4. The van der Waals surface area contributed by atoms with Crippen LogP contribution in [-0.2, 0) is 11.3 Å². The van der Waals surface area contributed by atoms with Crippen molar-refractivity contribution in [3.05, 3.63) is 24.0 Å². The van der Waals surface area contributed by atoms with Gasteiger partial charge in [0.25, 0.3) is 0 Å². The summed E-state index contributed by atoms with van der Waals surface area (Å²) >= 11 is 0. The Labute approximate surface area is 122 Å². The largest absolute Gasteiger partial charge is 0.396 e. The van der Waals surface area contributed by atoms with E-state index in [0.717, 1.165) is 25.9 Å². The van der Waals surface area contributed by atoms with Crippen LogP contribution in [0.15, 0.2) is 18.2 Å². The van der Waals surface area contributed by atoms with Crippen LogP contribution in [0.25, 0.3) is 11.4 Å². The summed E-state index contributed by atoms with van der Waals surface area (Å²) in [7, 11) is 0. The minimum absolute atomic E-state index is 0.119. The molecule has 1 fully saturated rings. The number of anilines is 1. The van der Waals surface area contributed by atoms with Gasteiger partial charge in [0, 0.05) is 18.7 Å². The number of nitrogens with zero attached hydrogens (tertiary/aromatic N) is 4. The molecule has 1 unspecified atom stereocenters. The molecule has 112 valence electrons. The molecule has 1 saturated heterocycles. The van der Waals surface area contributed by atoms with Crippen LogP contribution in [0.2, 0.25) is 0 Å². The highest BCUT2D eigenvalue weighted by Gasteiger charge is 2.16. The molecule has 0 amide bonds. The number of nitrogen functional groups attached to an aromatic ring is 1. The fourth-order valence-electron chi connectivity index (χ4n) is 2.53. The number of nitrogens with two attached hydrogens (primary N) is 1. The summed E-state index contributed by atoms with van der Waals surface area (Å²) in [6.45, 7) is 1.48. The van der Waals surface area contributed by atoms with Crippen molar-refractivity contribution in [2.24, 2.45) is 0 Å². The van der Waals surface area contributed by atoms with Gasteiger partial charge in [-0.3, -0.25) is 0 Å². The molecule has 0 radical (unpaired) electrons. The number of halogens is 1. The molecule has 1 aromatic heterocycles. The molecule has 0 bridgehead atoms. The van der Waals surface area contributed by atoms with Gasteiger partial charge in [0.2, 0.25) is 0 Å². The third-order valence-corrected chi connectivity index (χ3v) is 3.73. The monoisotopic (exact) mass is 291 g/mol. The maximum absolute atomic E-state index is 13.6. The number of hydrogen-bond acceptors (Lipinski definition) is 5. The third-order valence-electron chi connectivity index (χ3n) is 3.73. The van der Waals surface area contributed by atoms with Gasteiger partial charge in [-0.1, -0.05) is 0 Å². The Kier molecular flexibility index (Phi) is 4.10. The molecule has 21 heavy (non-hydrogen) atoms. The maximum atomic E-state index is 13.6. The Balaban J connectivity index is 1.72. The molecule has 7 heteroatoms. The first-order valence-corrected chi connectivity index (χ1v) is 7.17. The summed E-state index contributed by atoms with van der Waals surface area (Å²) in [6.07, 6.45) is 4.54. The third kappa shape index (κ3) is 3.18. The SMILES string of the molecule is Nc1ccc(-c2nnnn2CCC2CCCCO2)cc1F. The number of aromatic nitrogens is 4. The summed E-state index contributed by atoms with van der Waals surface area (Å²) in [5, 5.41) is 11.6. The molecule has 0 spiro atoms. The number of benzene rings is 1. The molecular formula is C14H18FN5O. The van der Waals surface area contributed by atoms with Crippen molar-refractivity contribution in [1.82, 2.24) is 20.2 Å². The Bertz CT molecular complexity index is 609. The summed E-state index contributed by atoms with van der Waals surface area (Å²) in [6, 6.07) is 4.60. The van der Waals surface area contributed by atoms with Crippen LogP contribution in [0.5, 0.6) is 0 Å². The van der Waals surface area contributed by atoms with Gasteiger partial charge in [-0.2, -0.15) is 0 Å². The van der Waals surface area contributed by atoms with Crippen LogP contribution >= 0.6 is 0 Å². The van der Waals surface area contributed by atoms with Gasteiger partial charge in [0.05, 0.1) is 11.8 Å². The normalized spacial score (nSPS) is 18.8. The van der Waals surface area contributed by atoms with Crippen molar-refractivity contribution in [2.75, 3.05) is 12.3 Å². The molecule has 2 N–H and O–H groups in total. The minimum Gasteiger partial charge on any atom is -0.396 e. The lowest BCUT2D eigenvalue weighted by Gasteiger charge is -2.22. The summed E-state index contributed by atoms with van der Waals surface area (Å²) in [4.78, 5) is 0. The van der Waals surface area contributed by atoms with E-state index in [1.807, 2.05) is 0 Å². The van der Waals surface area contributed by atoms with Crippen molar-refractivity contribution >= 4 is 5.69 Å². The highest BCUT2D eigenvalue weighted by atomic mass is 19.1. The molecule has 1 aromatic carbocycles. The zero-order valence-electron chi connectivity index (χ0n) is 11.7. The number of tetrazole rings is 1. The number of hydrogen-bond donors (Lipinski definition) is 1. The summed E-state index contributed by atoms with van der Waals surface area (Å²) < 4.78 is 20.9. The van der Waals surface area contributed by atoms with Gasteiger partial charge in [-0.25, -0.2) is 9.07 Å². The Morgan fingerprint density at radius 2 is 2.29 bits per heavy atom. The molecular weight excluding hydrogens is 273 g/mol. The molecule has 0 saturated carbocycles. The van der Waals surface area contributed by atoms with Crippen LogP contribution in [-0.4, -0.2) is 32.9 Å². The van der Waals surface area contributed by atoms with Crippen molar-refractivity contribution in [3.8, 4) is 11.4 Å². The summed E-state index contributed by atoms with van der Waals surface area (Å²) in [5.74, 6) is 0.0855. The lowest BCUT2D eigenvalue weighted by atomic mass is 10.1. The quantitative estimate of drug-likeness (QED) is 0.872. The highest BCUT2D eigenvalue weighted by molar-refractivity contribution is 5.58. The second-order valence-electron chi connectivity index (χ2n) is 5.24. The van der Waals surface area contributed by atoms with Crippen LogP contribution in [0, 0.1) is 5.82 Å². The van der Waals surface area contributed by atoms with Gasteiger partial charge < -0.3 is 10.5 Å². The average molecular weight is 291 g/mol. The van der Waals surface area contributed by atoms with E-state index in [1.54, 1.807) is 10.7 Å². The van der Waals surface area contributed by atoms with E-state index in [4.69, 9.17) is 10.5 Å². The fraction of sp³-hybridized carbons (Fsp3) is 0.500. The molecule has 0 aliphatic carbocycles. The van der Waals surface area contributed by atoms with Gasteiger partial charge in [0.1, 0.15) is 5.82 Å². The first-order chi connectivity index (χ1) is 10.2. The molecule has 2 aromatic rings. The van der Waals surface area contributed by atoms with Gasteiger partial charge >= 0.3 is 0 Å². The van der Waals surface area contributed by atoms with Gasteiger partial charge in [-0.05, 0) is 54.3 Å². The standard InChI is InChI=1S/C14H18FN5O/c15-12-9-10(4-5-13(12)16)14-17-18-19-20(14)7-6-11-3-1-2-8-21-11/h4-5,9,11H,1-3,6-8,16H2. The molecule has 2 heterocycles. The maximum Gasteiger partial charge on any atom is 0.182 e. The predicted molar refractivity (Wildman–Crippen MR) is 75.8 cm³/mol. The zero-order chi connectivity index (χ0) is 14.7. The van der Waals surface area contributed by atoms with Crippen molar-refractivity contribution in [2.45, 2.75) is 38.3 Å².